The van der Waals surface area contributed by atoms with E-state index in [4.69, 9.17) is 0 Å². The molecule has 0 bridgehead atoms. The zero-order valence-corrected chi connectivity index (χ0v) is 16.4. The Kier molecular flexibility index (Phi) is 5.42. The third-order valence-corrected chi connectivity index (χ3v) is 5.22. The van der Waals surface area contributed by atoms with Crippen LogP contribution < -0.4 is 10.2 Å². The molecule has 1 heterocycles. The summed E-state index contributed by atoms with van der Waals surface area (Å²) < 4.78 is 1.86. The summed E-state index contributed by atoms with van der Waals surface area (Å²) in [6.07, 6.45) is 5.54. The topological polar surface area (TPSA) is 67.2 Å². The minimum absolute atomic E-state index is 0.0785. The Morgan fingerprint density at radius 3 is 2.52 bits per heavy atom. The van der Waals surface area contributed by atoms with Crippen LogP contribution in [0.25, 0.3) is 0 Å². The smallest absolute Gasteiger partial charge is 0.253 e. The minimum Gasteiger partial charge on any atom is -0.348 e. The van der Waals surface area contributed by atoms with Crippen LogP contribution in [-0.4, -0.2) is 28.6 Å². The molecule has 0 unspecified atom stereocenters. The van der Waals surface area contributed by atoms with E-state index in [-0.39, 0.29) is 17.7 Å². The molecule has 0 aliphatic heterocycles. The van der Waals surface area contributed by atoms with E-state index < -0.39 is 0 Å². The standard InChI is InChI=1S/C23H24N4O2/c1-26(23(29)17-11-12-17)21-10-5-4-9-20(21)22(28)24-15-18-7-2-3-8-19(18)16-27-14-6-13-25-27/h2-10,13-14,17H,11-12,15-16H2,1H3,(H,24,28). The van der Waals surface area contributed by atoms with Gasteiger partial charge in [-0.2, -0.15) is 5.10 Å². The van der Waals surface area contributed by atoms with Gasteiger partial charge in [-0.3, -0.25) is 14.3 Å². The normalized spacial score (nSPS) is 13.1. The predicted molar refractivity (Wildman–Crippen MR) is 112 cm³/mol. The van der Waals surface area contributed by atoms with Crippen molar-refractivity contribution >= 4 is 17.5 Å². The van der Waals surface area contributed by atoms with Gasteiger partial charge in [-0.1, -0.05) is 36.4 Å². The van der Waals surface area contributed by atoms with E-state index in [9.17, 15) is 9.59 Å². The summed E-state index contributed by atoms with van der Waals surface area (Å²) in [4.78, 5) is 27.0. The Balaban J connectivity index is 1.48. The van der Waals surface area contributed by atoms with Gasteiger partial charge in [-0.15, -0.1) is 0 Å². The molecule has 1 aliphatic carbocycles. The number of hydrogen-bond acceptors (Lipinski definition) is 3. The summed E-state index contributed by atoms with van der Waals surface area (Å²) in [6.45, 7) is 1.05. The van der Waals surface area contributed by atoms with Crippen molar-refractivity contribution in [3.8, 4) is 0 Å². The molecule has 0 saturated heterocycles. The molecule has 4 rings (SSSR count). The van der Waals surface area contributed by atoms with Gasteiger partial charge in [0.05, 0.1) is 17.8 Å². The highest BCUT2D eigenvalue weighted by Gasteiger charge is 2.33. The van der Waals surface area contributed by atoms with Crippen molar-refractivity contribution in [2.75, 3.05) is 11.9 Å². The van der Waals surface area contributed by atoms with Crippen molar-refractivity contribution in [2.45, 2.75) is 25.9 Å². The molecular formula is C23H24N4O2. The largest absolute Gasteiger partial charge is 0.348 e. The Bertz CT molecular complexity index is 1010. The lowest BCUT2D eigenvalue weighted by Gasteiger charge is -2.20. The molecule has 29 heavy (non-hydrogen) atoms. The summed E-state index contributed by atoms with van der Waals surface area (Å²) in [6, 6.07) is 17.1. The molecule has 6 nitrogen and oxygen atoms in total. The molecule has 1 saturated carbocycles. The van der Waals surface area contributed by atoms with Gasteiger partial charge in [0, 0.05) is 31.9 Å². The third-order valence-electron chi connectivity index (χ3n) is 5.22. The van der Waals surface area contributed by atoms with Crippen molar-refractivity contribution in [3.05, 3.63) is 83.7 Å². The second kappa shape index (κ2) is 8.31. The van der Waals surface area contributed by atoms with Crippen molar-refractivity contribution in [2.24, 2.45) is 5.92 Å². The lowest BCUT2D eigenvalue weighted by atomic mass is 10.1. The monoisotopic (exact) mass is 388 g/mol. The molecular weight excluding hydrogens is 364 g/mol. The first-order valence-electron chi connectivity index (χ1n) is 9.82. The number of benzene rings is 2. The Morgan fingerprint density at radius 1 is 1.07 bits per heavy atom. The molecule has 3 aromatic rings. The van der Waals surface area contributed by atoms with Crippen LogP contribution >= 0.6 is 0 Å². The predicted octanol–water partition coefficient (Wildman–Crippen LogP) is 3.23. The molecule has 148 valence electrons. The number of para-hydroxylation sites is 1. The van der Waals surface area contributed by atoms with Gasteiger partial charge >= 0.3 is 0 Å². The highest BCUT2D eigenvalue weighted by molar-refractivity contribution is 6.05. The van der Waals surface area contributed by atoms with E-state index in [2.05, 4.69) is 10.4 Å². The first kappa shape index (κ1) is 18.9. The maximum atomic E-state index is 12.9. The fourth-order valence-electron chi connectivity index (χ4n) is 3.40. The SMILES string of the molecule is CN(C(=O)C1CC1)c1ccccc1C(=O)NCc1ccccc1Cn1cccn1. The third kappa shape index (κ3) is 4.37. The van der Waals surface area contributed by atoms with Gasteiger partial charge in [0.15, 0.2) is 0 Å². The maximum absolute atomic E-state index is 12.9. The zero-order valence-electron chi connectivity index (χ0n) is 16.4. The van der Waals surface area contributed by atoms with Crippen LogP contribution in [0.15, 0.2) is 67.0 Å². The highest BCUT2D eigenvalue weighted by atomic mass is 16.2. The molecule has 2 aromatic carbocycles. The quantitative estimate of drug-likeness (QED) is 0.676. The number of aromatic nitrogens is 2. The number of hydrogen-bond donors (Lipinski definition) is 1. The fraction of sp³-hybridized carbons (Fsp3) is 0.261. The van der Waals surface area contributed by atoms with Crippen molar-refractivity contribution in [1.29, 1.82) is 0 Å². The lowest BCUT2D eigenvalue weighted by molar-refractivity contribution is -0.119. The Labute approximate surface area is 170 Å². The van der Waals surface area contributed by atoms with Crippen LogP contribution in [0, 0.1) is 5.92 Å². The molecule has 2 amide bonds. The summed E-state index contributed by atoms with van der Waals surface area (Å²) in [5.74, 6) is -0.00922. The Hall–Kier alpha value is -3.41. The molecule has 1 aliphatic rings. The van der Waals surface area contributed by atoms with E-state index >= 15 is 0 Å². The summed E-state index contributed by atoms with van der Waals surface area (Å²) >= 11 is 0. The number of carbonyl (C=O) groups is 2. The van der Waals surface area contributed by atoms with E-state index in [1.807, 2.05) is 59.4 Å². The fourth-order valence-corrected chi connectivity index (χ4v) is 3.40. The van der Waals surface area contributed by atoms with E-state index in [0.29, 0.717) is 24.3 Å². The van der Waals surface area contributed by atoms with Gasteiger partial charge in [-0.25, -0.2) is 0 Å². The highest BCUT2D eigenvalue weighted by Crippen LogP contribution is 2.33. The van der Waals surface area contributed by atoms with Crippen molar-refractivity contribution in [3.63, 3.8) is 0 Å². The van der Waals surface area contributed by atoms with Crippen LogP contribution in [-0.2, 0) is 17.9 Å². The number of carbonyl (C=O) groups excluding carboxylic acids is 2. The molecule has 1 aromatic heterocycles. The average molecular weight is 388 g/mol. The molecule has 1 N–H and O–H groups in total. The van der Waals surface area contributed by atoms with Crippen LogP contribution in [0.2, 0.25) is 0 Å². The second-order valence-electron chi connectivity index (χ2n) is 7.34. The Morgan fingerprint density at radius 2 is 1.79 bits per heavy atom. The number of rotatable bonds is 7. The zero-order chi connectivity index (χ0) is 20.2. The summed E-state index contributed by atoms with van der Waals surface area (Å²) in [7, 11) is 1.74. The molecule has 1 fully saturated rings. The van der Waals surface area contributed by atoms with Gasteiger partial charge in [0.25, 0.3) is 5.91 Å². The molecule has 0 spiro atoms. The average Bonchev–Trinajstić information content (AvgIpc) is 3.48. The molecule has 0 atom stereocenters. The summed E-state index contributed by atoms with van der Waals surface area (Å²) in [5, 5.41) is 7.26. The van der Waals surface area contributed by atoms with Crippen LogP contribution in [0.4, 0.5) is 5.69 Å². The first-order valence-corrected chi connectivity index (χ1v) is 9.82. The van der Waals surface area contributed by atoms with Crippen LogP contribution in [0.5, 0.6) is 0 Å². The van der Waals surface area contributed by atoms with Gasteiger partial charge in [0.2, 0.25) is 5.91 Å². The lowest BCUT2D eigenvalue weighted by Crippen LogP contribution is -2.31. The molecule has 0 radical (unpaired) electrons. The van der Waals surface area contributed by atoms with E-state index in [0.717, 1.165) is 24.0 Å². The van der Waals surface area contributed by atoms with Crippen molar-refractivity contribution < 1.29 is 9.59 Å². The number of anilines is 1. The van der Waals surface area contributed by atoms with Gasteiger partial charge < -0.3 is 10.2 Å². The number of nitrogens with one attached hydrogen (secondary N) is 1. The van der Waals surface area contributed by atoms with Crippen molar-refractivity contribution in [1.82, 2.24) is 15.1 Å². The first-order chi connectivity index (χ1) is 14.1. The van der Waals surface area contributed by atoms with Gasteiger partial charge in [-0.05, 0) is 42.2 Å². The summed E-state index contributed by atoms with van der Waals surface area (Å²) in [5.41, 5.74) is 3.29. The molecule has 6 heteroatoms. The maximum Gasteiger partial charge on any atom is 0.253 e. The van der Waals surface area contributed by atoms with Crippen LogP contribution in [0.3, 0.4) is 0 Å². The number of nitrogens with zero attached hydrogens (tertiary/aromatic N) is 3. The minimum atomic E-state index is -0.190. The van der Waals surface area contributed by atoms with Gasteiger partial charge in [0.1, 0.15) is 0 Å². The second-order valence-corrected chi connectivity index (χ2v) is 7.34. The number of amides is 2. The van der Waals surface area contributed by atoms with E-state index in [1.54, 1.807) is 24.2 Å². The van der Waals surface area contributed by atoms with E-state index in [1.165, 1.54) is 0 Å². The van der Waals surface area contributed by atoms with Crippen LogP contribution in [0.1, 0.15) is 34.3 Å².